The van der Waals surface area contributed by atoms with Gasteiger partial charge >= 0.3 is 5.97 Å². The Labute approximate surface area is 180 Å². The zero-order valence-corrected chi connectivity index (χ0v) is 16.8. The van der Waals surface area contributed by atoms with Crippen molar-refractivity contribution in [3.8, 4) is 0 Å². The molecular weight excluding hydrogens is 392 g/mol. The number of esters is 1. The largest absolute Gasteiger partial charge is 0.459 e. The molecule has 0 radical (unpaired) electrons. The van der Waals surface area contributed by atoms with Crippen molar-refractivity contribution in [2.24, 2.45) is 0 Å². The van der Waals surface area contributed by atoms with E-state index in [-0.39, 0.29) is 24.8 Å². The van der Waals surface area contributed by atoms with Gasteiger partial charge in [-0.1, -0.05) is 78.9 Å². The highest BCUT2D eigenvalue weighted by molar-refractivity contribution is 6.02. The van der Waals surface area contributed by atoms with Crippen LogP contribution in [-0.2, 0) is 25.7 Å². The molecule has 1 fully saturated rings. The van der Waals surface area contributed by atoms with E-state index < -0.39 is 18.1 Å². The van der Waals surface area contributed by atoms with Crippen LogP contribution in [0, 0.1) is 0 Å². The molecule has 2 amide bonds. The molecule has 4 rings (SSSR count). The average molecular weight is 414 g/mol. The van der Waals surface area contributed by atoms with Gasteiger partial charge in [0.15, 0.2) is 0 Å². The quantitative estimate of drug-likeness (QED) is 0.472. The Morgan fingerprint density at radius 1 is 0.903 bits per heavy atom. The lowest BCUT2D eigenvalue weighted by atomic mass is 9.94. The molecule has 2 atom stereocenters. The fourth-order valence-electron chi connectivity index (χ4n) is 3.58. The van der Waals surface area contributed by atoms with Crippen LogP contribution in [0.5, 0.6) is 0 Å². The number of anilines is 1. The van der Waals surface area contributed by atoms with Crippen molar-refractivity contribution in [1.29, 1.82) is 0 Å². The summed E-state index contributed by atoms with van der Waals surface area (Å²) in [6, 6.07) is 25.6. The average Bonchev–Trinajstić information content (AvgIpc) is 2.81. The van der Waals surface area contributed by atoms with Crippen molar-refractivity contribution in [3.63, 3.8) is 0 Å². The molecule has 6 nitrogen and oxygen atoms in total. The molecule has 1 aliphatic heterocycles. The van der Waals surface area contributed by atoms with Gasteiger partial charge in [-0.2, -0.15) is 0 Å². The first-order chi connectivity index (χ1) is 15.1. The normalized spacial score (nSPS) is 16.2. The topological polar surface area (TPSA) is 75.7 Å². The van der Waals surface area contributed by atoms with Gasteiger partial charge in [0.2, 0.25) is 5.91 Å². The van der Waals surface area contributed by atoms with Crippen LogP contribution in [0.4, 0.5) is 5.69 Å². The number of nitrogens with zero attached hydrogens (tertiary/aromatic N) is 1. The summed E-state index contributed by atoms with van der Waals surface area (Å²) in [5.74, 6) is -1.16. The molecule has 0 saturated carbocycles. The number of likely N-dealkylation sites (tertiary alicyclic amines) is 1. The number of rotatable bonds is 7. The van der Waals surface area contributed by atoms with Gasteiger partial charge in [-0.15, -0.1) is 0 Å². The third kappa shape index (κ3) is 4.64. The number of para-hydroxylation sites is 1. The van der Waals surface area contributed by atoms with E-state index in [0.717, 1.165) is 5.56 Å². The maximum atomic E-state index is 13.2. The summed E-state index contributed by atoms with van der Waals surface area (Å²) in [5.41, 5.74) is 2.10. The number of carbonyl (C=O) groups is 3. The first-order valence-corrected chi connectivity index (χ1v) is 10.1. The van der Waals surface area contributed by atoms with Crippen molar-refractivity contribution < 1.29 is 19.1 Å². The third-order valence-electron chi connectivity index (χ3n) is 5.17. The second kappa shape index (κ2) is 9.26. The number of ether oxygens (including phenoxy) is 1. The van der Waals surface area contributed by atoms with Gasteiger partial charge in [0.25, 0.3) is 5.91 Å². The van der Waals surface area contributed by atoms with E-state index in [1.807, 2.05) is 54.6 Å². The molecule has 6 heteroatoms. The Morgan fingerprint density at radius 3 is 2.10 bits per heavy atom. The standard InChI is InChI=1S/C25H22N2O4/c28-22-16-21(25(30)31-17-18-10-4-1-5-11-18)27(22)23(19-12-6-2-7-13-19)24(29)26-20-14-8-3-9-15-20/h1-15,21,23H,16-17H2,(H,26,29)/t21-,23?/m0/s1. The highest BCUT2D eigenvalue weighted by Gasteiger charge is 2.48. The van der Waals surface area contributed by atoms with Crippen LogP contribution >= 0.6 is 0 Å². The minimum absolute atomic E-state index is 0.0234. The molecule has 0 aliphatic carbocycles. The van der Waals surface area contributed by atoms with Crippen LogP contribution in [0.25, 0.3) is 0 Å². The van der Waals surface area contributed by atoms with E-state index in [0.29, 0.717) is 11.3 Å². The van der Waals surface area contributed by atoms with Crippen LogP contribution in [0.3, 0.4) is 0 Å². The monoisotopic (exact) mass is 414 g/mol. The maximum Gasteiger partial charge on any atom is 0.329 e. The highest BCUT2D eigenvalue weighted by atomic mass is 16.5. The predicted octanol–water partition coefficient (Wildman–Crippen LogP) is 3.71. The van der Waals surface area contributed by atoms with E-state index in [2.05, 4.69) is 5.32 Å². The van der Waals surface area contributed by atoms with Crippen molar-refractivity contribution in [2.45, 2.75) is 25.1 Å². The molecule has 1 heterocycles. The Bertz CT molecular complexity index is 1050. The summed E-state index contributed by atoms with van der Waals surface area (Å²) in [5, 5.41) is 2.84. The predicted molar refractivity (Wildman–Crippen MR) is 116 cm³/mol. The van der Waals surface area contributed by atoms with Crippen LogP contribution in [0.15, 0.2) is 91.0 Å². The Hall–Kier alpha value is -3.93. The van der Waals surface area contributed by atoms with Crippen LogP contribution < -0.4 is 5.32 Å². The van der Waals surface area contributed by atoms with Crippen molar-refractivity contribution in [2.75, 3.05) is 5.32 Å². The second-order valence-electron chi connectivity index (χ2n) is 7.28. The smallest absolute Gasteiger partial charge is 0.329 e. The Morgan fingerprint density at radius 2 is 1.48 bits per heavy atom. The third-order valence-corrected chi connectivity index (χ3v) is 5.17. The number of hydrogen-bond acceptors (Lipinski definition) is 4. The van der Waals surface area contributed by atoms with Crippen LogP contribution in [-0.4, -0.2) is 28.7 Å². The first kappa shape index (κ1) is 20.3. The molecule has 0 aromatic heterocycles. The van der Waals surface area contributed by atoms with Gasteiger partial charge in [-0.05, 0) is 23.3 Å². The van der Waals surface area contributed by atoms with Gasteiger partial charge < -0.3 is 15.0 Å². The van der Waals surface area contributed by atoms with Crippen molar-refractivity contribution in [1.82, 2.24) is 4.90 Å². The maximum absolute atomic E-state index is 13.2. The summed E-state index contributed by atoms with van der Waals surface area (Å²) in [4.78, 5) is 39.8. The minimum atomic E-state index is -0.933. The Kier molecular flexibility index (Phi) is 6.08. The summed E-state index contributed by atoms with van der Waals surface area (Å²) in [6.07, 6.45) is 0.0234. The zero-order chi connectivity index (χ0) is 21.6. The lowest BCUT2D eigenvalue weighted by molar-refractivity contribution is -0.171. The van der Waals surface area contributed by atoms with Crippen molar-refractivity contribution >= 4 is 23.5 Å². The molecule has 3 aromatic rings. The number of carbonyl (C=O) groups excluding carboxylic acids is 3. The van der Waals surface area contributed by atoms with Gasteiger partial charge in [-0.25, -0.2) is 4.79 Å². The van der Waals surface area contributed by atoms with E-state index in [9.17, 15) is 14.4 Å². The Balaban J connectivity index is 1.54. The van der Waals surface area contributed by atoms with Gasteiger partial charge in [0.1, 0.15) is 18.7 Å². The van der Waals surface area contributed by atoms with E-state index in [4.69, 9.17) is 4.74 Å². The zero-order valence-electron chi connectivity index (χ0n) is 16.8. The summed E-state index contributed by atoms with van der Waals surface area (Å²) < 4.78 is 5.43. The lowest BCUT2D eigenvalue weighted by Gasteiger charge is -2.43. The number of benzene rings is 3. The van der Waals surface area contributed by atoms with Crippen LogP contribution in [0.1, 0.15) is 23.6 Å². The minimum Gasteiger partial charge on any atom is -0.459 e. The van der Waals surface area contributed by atoms with E-state index >= 15 is 0 Å². The summed E-state index contributed by atoms with van der Waals surface area (Å²) >= 11 is 0. The SMILES string of the molecule is O=C(Nc1ccccc1)C(c1ccccc1)N1C(=O)C[C@H]1C(=O)OCc1ccccc1. The van der Waals surface area contributed by atoms with Gasteiger partial charge in [0, 0.05) is 5.69 Å². The molecule has 1 unspecified atom stereocenters. The van der Waals surface area contributed by atoms with Gasteiger partial charge in [-0.3, -0.25) is 9.59 Å². The van der Waals surface area contributed by atoms with E-state index in [1.165, 1.54) is 4.90 Å². The van der Waals surface area contributed by atoms with Crippen LogP contribution in [0.2, 0.25) is 0 Å². The van der Waals surface area contributed by atoms with Crippen molar-refractivity contribution in [3.05, 3.63) is 102 Å². The van der Waals surface area contributed by atoms with E-state index in [1.54, 1.807) is 36.4 Å². The number of amides is 2. The molecule has 0 spiro atoms. The second-order valence-corrected chi connectivity index (χ2v) is 7.28. The summed E-state index contributed by atoms with van der Waals surface area (Å²) in [6.45, 7) is 0.115. The van der Waals surface area contributed by atoms with Gasteiger partial charge in [0.05, 0.1) is 6.42 Å². The molecule has 156 valence electrons. The molecule has 31 heavy (non-hydrogen) atoms. The fraction of sp³-hybridized carbons (Fsp3) is 0.160. The molecule has 0 bridgehead atoms. The molecule has 1 aliphatic rings. The molecule has 1 N–H and O–H groups in total. The number of hydrogen-bond donors (Lipinski definition) is 1. The fourth-order valence-corrected chi connectivity index (χ4v) is 3.58. The summed E-state index contributed by atoms with van der Waals surface area (Å²) in [7, 11) is 0. The lowest BCUT2D eigenvalue weighted by Crippen LogP contribution is -2.60. The molecular formula is C25H22N2O4. The highest BCUT2D eigenvalue weighted by Crippen LogP contribution is 2.33. The first-order valence-electron chi connectivity index (χ1n) is 10.1. The number of nitrogens with one attached hydrogen (secondary N) is 1. The number of β-lactam (4-membered cyclic amide) rings is 1. The molecule has 3 aromatic carbocycles. The molecule has 1 saturated heterocycles.